The molecule has 0 bridgehead atoms. The number of aliphatic carboxylic acids is 1. The molecule has 0 aromatic rings. The summed E-state index contributed by atoms with van der Waals surface area (Å²) in [6.45, 7) is 5.78. The van der Waals surface area contributed by atoms with Gasteiger partial charge in [-0.1, -0.05) is 27.2 Å². The molecule has 0 aliphatic rings. The van der Waals surface area contributed by atoms with Crippen LogP contribution in [-0.2, 0) is 9.59 Å². The summed E-state index contributed by atoms with van der Waals surface area (Å²) in [6.07, 6.45) is 2.43. The molecule has 1 amide bonds. The lowest BCUT2D eigenvalue weighted by atomic mass is 9.93. The predicted molar refractivity (Wildman–Crippen MR) is 66.5 cm³/mol. The molecule has 0 aromatic heterocycles. The highest BCUT2D eigenvalue weighted by Crippen LogP contribution is 2.12. The first-order valence-corrected chi connectivity index (χ1v) is 6.21. The Morgan fingerprint density at radius 2 is 1.82 bits per heavy atom. The number of nitrogens with two attached hydrogens (primary N) is 1. The lowest BCUT2D eigenvalue weighted by Gasteiger charge is -2.26. The van der Waals surface area contributed by atoms with Crippen LogP contribution in [0.3, 0.4) is 0 Å². The molecule has 1 atom stereocenters. The van der Waals surface area contributed by atoms with Gasteiger partial charge in [0.15, 0.2) is 0 Å². The molecule has 0 saturated carbocycles. The van der Waals surface area contributed by atoms with Crippen LogP contribution in [0, 0.1) is 5.92 Å². The molecule has 1 unspecified atom stereocenters. The topological polar surface area (TPSA) is 92.4 Å². The van der Waals surface area contributed by atoms with E-state index in [1.165, 1.54) is 0 Å². The van der Waals surface area contributed by atoms with E-state index in [1.54, 1.807) is 0 Å². The summed E-state index contributed by atoms with van der Waals surface area (Å²) >= 11 is 0. The van der Waals surface area contributed by atoms with Crippen LogP contribution in [0.2, 0.25) is 0 Å². The molecule has 17 heavy (non-hydrogen) atoms. The van der Waals surface area contributed by atoms with Gasteiger partial charge in [0.2, 0.25) is 5.91 Å². The van der Waals surface area contributed by atoms with E-state index < -0.39 is 17.4 Å². The summed E-state index contributed by atoms with van der Waals surface area (Å²) in [6, 6.07) is 0. The van der Waals surface area contributed by atoms with Crippen molar-refractivity contribution in [3.05, 3.63) is 0 Å². The van der Waals surface area contributed by atoms with Gasteiger partial charge in [-0.3, -0.25) is 9.59 Å². The number of carboxylic acid groups (broad SMARTS) is 1. The third-order valence-electron chi connectivity index (χ3n) is 3.21. The first kappa shape index (κ1) is 15.9. The Bertz CT molecular complexity index is 262. The Morgan fingerprint density at radius 3 is 2.18 bits per heavy atom. The van der Waals surface area contributed by atoms with Crippen molar-refractivity contribution < 1.29 is 14.7 Å². The maximum absolute atomic E-state index is 11.8. The van der Waals surface area contributed by atoms with Gasteiger partial charge in [-0.05, 0) is 19.3 Å². The molecule has 5 nitrogen and oxygen atoms in total. The van der Waals surface area contributed by atoms with Gasteiger partial charge in [0, 0.05) is 6.54 Å². The number of hydrogen-bond donors (Lipinski definition) is 3. The average molecular weight is 244 g/mol. The molecule has 0 heterocycles. The summed E-state index contributed by atoms with van der Waals surface area (Å²) in [5, 5.41) is 11.6. The molecule has 0 fully saturated rings. The van der Waals surface area contributed by atoms with Crippen LogP contribution in [0.1, 0.15) is 46.5 Å². The molecule has 0 aliphatic heterocycles. The van der Waals surface area contributed by atoms with Crippen molar-refractivity contribution in [1.82, 2.24) is 5.32 Å². The van der Waals surface area contributed by atoms with Crippen LogP contribution in [0.25, 0.3) is 0 Å². The van der Waals surface area contributed by atoms with Gasteiger partial charge in [0.25, 0.3) is 0 Å². The molecule has 4 N–H and O–H groups in total. The minimum absolute atomic E-state index is 0.154. The second kappa shape index (κ2) is 7.27. The molecular formula is C12H24N2O3. The van der Waals surface area contributed by atoms with Gasteiger partial charge in [0.05, 0.1) is 11.5 Å². The second-order valence-electron chi connectivity index (χ2n) is 4.40. The third kappa shape index (κ3) is 4.73. The molecule has 5 heteroatoms. The Kier molecular flexibility index (Phi) is 6.80. The zero-order chi connectivity index (χ0) is 13.5. The van der Waals surface area contributed by atoms with Crippen molar-refractivity contribution >= 4 is 11.9 Å². The van der Waals surface area contributed by atoms with E-state index in [-0.39, 0.29) is 12.5 Å². The Morgan fingerprint density at radius 1 is 1.29 bits per heavy atom. The maximum Gasteiger partial charge on any atom is 0.308 e. The predicted octanol–water partition coefficient (Wildman–Crippen LogP) is 1.12. The van der Waals surface area contributed by atoms with E-state index in [9.17, 15) is 9.59 Å². The van der Waals surface area contributed by atoms with Crippen LogP contribution in [0.4, 0.5) is 0 Å². The van der Waals surface area contributed by atoms with Gasteiger partial charge in [-0.2, -0.15) is 0 Å². The molecule has 0 saturated heterocycles. The van der Waals surface area contributed by atoms with Gasteiger partial charge < -0.3 is 16.2 Å². The number of carbonyl (C=O) groups is 2. The van der Waals surface area contributed by atoms with Crippen LogP contribution in [-0.4, -0.2) is 29.1 Å². The Hall–Kier alpha value is -1.10. The lowest BCUT2D eigenvalue weighted by molar-refractivity contribution is -0.142. The quantitative estimate of drug-likeness (QED) is 0.596. The molecule has 0 rings (SSSR count). The van der Waals surface area contributed by atoms with Gasteiger partial charge in [-0.15, -0.1) is 0 Å². The van der Waals surface area contributed by atoms with Gasteiger partial charge >= 0.3 is 5.97 Å². The molecule has 0 spiro atoms. The van der Waals surface area contributed by atoms with E-state index in [0.717, 1.165) is 6.42 Å². The van der Waals surface area contributed by atoms with Gasteiger partial charge in [-0.25, -0.2) is 0 Å². The van der Waals surface area contributed by atoms with E-state index in [1.807, 2.05) is 20.8 Å². The smallest absolute Gasteiger partial charge is 0.308 e. The second-order valence-corrected chi connectivity index (χ2v) is 4.40. The monoisotopic (exact) mass is 244 g/mol. The summed E-state index contributed by atoms with van der Waals surface area (Å²) in [4.78, 5) is 22.7. The fourth-order valence-corrected chi connectivity index (χ4v) is 1.62. The Balaban J connectivity index is 4.34. The first-order valence-electron chi connectivity index (χ1n) is 6.21. The Labute approximate surface area is 103 Å². The van der Waals surface area contributed by atoms with E-state index >= 15 is 0 Å². The van der Waals surface area contributed by atoms with Crippen LogP contribution >= 0.6 is 0 Å². The van der Waals surface area contributed by atoms with Crippen molar-refractivity contribution in [3.63, 3.8) is 0 Å². The third-order valence-corrected chi connectivity index (χ3v) is 3.21. The maximum atomic E-state index is 11.8. The number of nitrogens with one attached hydrogen (secondary N) is 1. The zero-order valence-corrected chi connectivity index (χ0v) is 11.0. The standard InChI is InChI=1S/C12H24N2O3/c1-4-7-9(10(15)16)8-14-11(17)12(13,5-2)6-3/h9H,4-8,13H2,1-3H3,(H,14,17)(H,15,16). The van der Waals surface area contributed by atoms with E-state index in [2.05, 4.69) is 5.32 Å². The number of carboxylic acids is 1. The highest BCUT2D eigenvalue weighted by molar-refractivity contribution is 5.86. The lowest BCUT2D eigenvalue weighted by Crippen LogP contribution is -2.54. The van der Waals surface area contributed by atoms with Crippen molar-refractivity contribution in [2.45, 2.75) is 52.0 Å². The highest BCUT2D eigenvalue weighted by Gasteiger charge is 2.30. The first-order chi connectivity index (χ1) is 7.91. The largest absolute Gasteiger partial charge is 0.481 e. The average Bonchev–Trinajstić information content (AvgIpc) is 2.32. The molecule has 0 aromatic carbocycles. The van der Waals surface area contributed by atoms with Crippen molar-refractivity contribution in [2.24, 2.45) is 11.7 Å². The van der Waals surface area contributed by atoms with Crippen LogP contribution in [0.15, 0.2) is 0 Å². The molecule has 0 aliphatic carbocycles. The summed E-state index contributed by atoms with van der Waals surface area (Å²) in [5.74, 6) is -1.66. The number of carbonyl (C=O) groups excluding carboxylic acids is 1. The fourth-order valence-electron chi connectivity index (χ4n) is 1.62. The van der Waals surface area contributed by atoms with E-state index in [4.69, 9.17) is 10.8 Å². The van der Waals surface area contributed by atoms with Crippen molar-refractivity contribution in [1.29, 1.82) is 0 Å². The van der Waals surface area contributed by atoms with Crippen molar-refractivity contribution in [2.75, 3.05) is 6.54 Å². The molecular weight excluding hydrogens is 220 g/mol. The number of rotatable bonds is 8. The molecule has 100 valence electrons. The minimum atomic E-state index is -0.880. The SMILES string of the molecule is CCCC(CNC(=O)C(N)(CC)CC)C(=O)O. The minimum Gasteiger partial charge on any atom is -0.481 e. The van der Waals surface area contributed by atoms with Crippen LogP contribution < -0.4 is 11.1 Å². The number of amides is 1. The normalized spacial score (nSPS) is 13.2. The van der Waals surface area contributed by atoms with E-state index in [0.29, 0.717) is 19.3 Å². The highest BCUT2D eigenvalue weighted by atomic mass is 16.4. The summed E-state index contributed by atoms with van der Waals surface area (Å²) in [7, 11) is 0. The van der Waals surface area contributed by atoms with Crippen molar-refractivity contribution in [3.8, 4) is 0 Å². The molecule has 0 radical (unpaired) electrons. The summed E-state index contributed by atoms with van der Waals surface area (Å²) < 4.78 is 0. The van der Waals surface area contributed by atoms with Gasteiger partial charge in [0.1, 0.15) is 0 Å². The van der Waals surface area contributed by atoms with Crippen LogP contribution in [0.5, 0.6) is 0 Å². The number of hydrogen-bond acceptors (Lipinski definition) is 3. The fraction of sp³-hybridized carbons (Fsp3) is 0.833. The zero-order valence-electron chi connectivity index (χ0n) is 11.0. The summed E-state index contributed by atoms with van der Waals surface area (Å²) in [5.41, 5.74) is 5.04.